The van der Waals surface area contributed by atoms with Crippen LogP contribution in [-0.4, -0.2) is 41.4 Å². The Morgan fingerprint density at radius 1 is 1.40 bits per heavy atom. The van der Waals surface area contributed by atoms with E-state index in [0.29, 0.717) is 12.8 Å². The number of rotatable bonds is 5. The Bertz CT molecular complexity index is 806. The number of carbonyl (C=O) groups excluding carboxylic acids is 1. The summed E-state index contributed by atoms with van der Waals surface area (Å²) >= 11 is 0. The van der Waals surface area contributed by atoms with Crippen LogP contribution in [0.4, 0.5) is 0 Å². The molecule has 9 nitrogen and oxygen atoms in total. The van der Waals surface area contributed by atoms with E-state index in [1.165, 1.54) is 18.5 Å². The summed E-state index contributed by atoms with van der Waals surface area (Å²) in [7, 11) is -3.46. The molecule has 4 N–H and O–H groups in total. The summed E-state index contributed by atoms with van der Waals surface area (Å²) in [6.45, 7) is 0.265. The molecule has 3 heterocycles. The van der Waals surface area contributed by atoms with Crippen LogP contribution in [0.15, 0.2) is 47.9 Å². The molecule has 0 spiro atoms. The summed E-state index contributed by atoms with van der Waals surface area (Å²) in [5.41, 5.74) is 0.882. The second-order valence-electron chi connectivity index (χ2n) is 5.23. The molecule has 10 heteroatoms. The van der Waals surface area contributed by atoms with Crippen LogP contribution in [0.2, 0.25) is 0 Å². The van der Waals surface area contributed by atoms with E-state index in [1.54, 1.807) is 18.5 Å². The van der Waals surface area contributed by atoms with Crippen LogP contribution < -0.4 is 10.0 Å². The zero-order valence-corrected chi connectivity index (χ0v) is 14.0. The van der Waals surface area contributed by atoms with E-state index in [9.17, 15) is 18.0 Å². The average molecular weight is 366 g/mol. The fraction of sp³-hybridized carbons (Fsp3) is 0.267. The number of pyridine rings is 1. The first-order valence-corrected chi connectivity index (χ1v) is 8.90. The number of aromatic nitrogens is 2. The lowest BCUT2D eigenvalue weighted by molar-refractivity contribution is -0.140. The van der Waals surface area contributed by atoms with E-state index >= 15 is 0 Å². The van der Waals surface area contributed by atoms with Gasteiger partial charge in [0.2, 0.25) is 15.9 Å². The van der Waals surface area contributed by atoms with Crippen molar-refractivity contribution >= 4 is 21.9 Å². The highest BCUT2D eigenvalue weighted by atomic mass is 32.2. The van der Waals surface area contributed by atoms with Crippen LogP contribution in [0.1, 0.15) is 18.4 Å². The molecule has 2 aromatic rings. The van der Waals surface area contributed by atoms with Crippen molar-refractivity contribution in [2.45, 2.75) is 30.3 Å². The summed E-state index contributed by atoms with van der Waals surface area (Å²) in [6, 6.07) is 4.26. The van der Waals surface area contributed by atoms with Gasteiger partial charge in [-0.1, -0.05) is 0 Å². The van der Waals surface area contributed by atoms with E-state index in [1.807, 2.05) is 6.07 Å². The van der Waals surface area contributed by atoms with E-state index < -0.39 is 22.0 Å². The van der Waals surface area contributed by atoms with Crippen LogP contribution in [0, 0.1) is 0 Å². The molecule has 25 heavy (non-hydrogen) atoms. The first-order chi connectivity index (χ1) is 11.9. The molecule has 0 bridgehead atoms. The lowest BCUT2D eigenvalue weighted by Gasteiger charge is -2.04. The highest BCUT2D eigenvalue weighted by molar-refractivity contribution is 7.89. The molecular formula is C15H18N4O5S. The molecular weight excluding hydrogens is 348 g/mol. The number of nitrogens with zero attached hydrogens (tertiary/aromatic N) is 1. The number of aliphatic carboxylic acids is 1. The van der Waals surface area contributed by atoms with Crippen LogP contribution in [-0.2, 0) is 26.2 Å². The van der Waals surface area contributed by atoms with Crippen molar-refractivity contribution in [1.29, 1.82) is 0 Å². The van der Waals surface area contributed by atoms with Crippen molar-refractivity contribution in [3.05, 3.63) is 48.5 Å². The number of amides is 1. The Labute approximate surface area is 144 Å². The minimum Gasteiger partial charge on any atom is -0.480 e. The van der Waals surface area contributed by atoms with Gasteiger partial charge in [0.05, 0.1) is 0 Å². The lowest BCUT2D eigenvalue weighted by atomic mass is 10.2. The van der Waals surface area contributed by atoms with Gasteiger partial charge in [-0.05, 0) is 30.2 Å². The fourth-order valence-electron chi connectivity index (χ4n) is 2.04. The zero-order valence-electron chi connectivity index (χ0n) is 13.2. The van der Waals surface area contributed by atoms with Crippen LogP contribution in [0.5, 0.6) is 0 Å². The zero-order chi connectivity index (χ0) is 18.3. The third kappa shape index (κ3) is 5.69. The van der Waals surface area contributed by atoms with E-state index in [2.05, 4.69) is 20.0 Å². The van der Waals surface area contributed by atoms with Crippen molar-refractivity contribution in [1.82, 2.24) is 20.0 Å². The predicted molar refractivity (Wildman–Crippen MR) is 87.9 cm³/mol. The number of H-pyrrole nitrogens is 1. The highest BCUT2D eigenvalue weighted by Crippen LogP contribution is 2.07. The van der Waals surface area contributed by atoms with Gasteiger partial charge in [-0.25, -0.2) is 17.9 Å². The summed E-state index contributed by atoms with van der Waals surface area (Å²) in [4.78, 5) is 27.3. The molecule has 3 rings (SSSR count). The molecule has 1 atom stereocenters. The van der Waals surface area contributed by atoms with Crippen molar-refractivity contribution in [2.75, 3.05) is 0 Å². The number of sulfonamides is 1. The normalized spacial score (nSPS) is 16.6. The van der Waals surface area contributed by atoms with Gasteiger partial charge < -0.3 is 15.4 Å². The number of carboxylic acid groups (broad SMARTS) is 1. The number of hydrogen-bond donors (Lipinski definition) is 4. The quantitative estimate of drug-likeness (QED) is 0.597. The van der Waals surface area contributed by atoms with Gasteiger partial charge in [0, 0.05) is 37.8 Å². The summed E-state index contributed by atoms with van der Waals surface area (Å²) in [6.07, 6.45) is 7.11. The van der Waals surface area contributed by atoms with Crippen LogP contribution in [0.3, 0.4) is 0 Å². The Hall–Kier alpha value is -2.72. The molecule has 1 amide bonds. The van der Waals surface area contributed by atoms with Gasteiger partial charge in [0.1, 0.15) is 10.9 Å². The predicted octanol–water partition coefficient (Wildman–Crippen LogP) is 0.238. The maximum absolute atomic E-state index is 11.8. The molecule has 0 saturated carbocycles. The third-order valence-electron chi connectivity index (χ3n) is 3.37. The minimum absolute atomic E-state index is 0.164. The van der Waals surface area contributed by atoms with E-state index in [-0.39, 0.29) is 17.3 Å². The topological polar surface area (TPSA) is 141 Å². The summed E-state index contributed by atoms with van der Waals surface area (Å²) < 4.78 is 26.0. The average Bonchev–Trinajstić information content (AvgIpc) is 3.26. The monoisotopic (exact) mass is 366 g/mol. The molecule has 1 unspecified atom stereocenters. The Morgan fingerprint density at radius 3 is 2.68 bits per heavy atom. The summed E-state index contributed by atoms with van der Waals surface area (Å²) in [5.74, 6) is -1.11. The smallest absolute Gasteiger partial charge is 0.326 e. The first-order valence-electron chi connectivity index (χ1n) is 7.42. The Morgan fingerprint density at radius 2 is 2.20 bits per heavy atom. The summed E-state index contributed by atoms with van der Waals surface area (Å²) in [5, 5.41) is 10.6. The molecule has 0 radical (unpaired) electrons. The van der Waals surface area contributed by atoms with E-state index in [4.69, 9.17) is 5.11 Å². The van der Waals surface area contributed by atoms with Crippen LogP contribution >= 0.6 is 0 Å². The molecule has 0 aliphatic carbocycles. The number of aromatic amines is 1. The van der Waals surface area contributed by atoms with Crippen molar-refractivity contribution in [3.8, 4) is 0 Å². The maximum Gasteiger partial charge on any atom is 0.326 e. The number of carbonyl (C=O) groups is 2. The number of hydrogen-bond acceptors (Lipinski definition) is 5. The van der Waals surface area contributed by atoms with Gasteiger partial charge in [-0.3, -0.25) is 9.78 Å². The van der Waals surface area contributed by atoms with Gasteiger partial charge in [0.15, 0.2) is 0 Å². The molecule has 2 aromatic heterocycles. The number of nitrogens with one attached hydrogen (secondary N) is 3. The molecule has 0 aromatic carbocycles. The number of carboxylic acids is 1. The van der Waals surface area contributed by atoms with E-state index in [0.717, 1.165) is 5.56 Å². The molecule has 1 aliphatic rings. The maximum atomic E-state index is 11.8. The first kappa shape index (κ1) is 18.6. The third-order valence-corrected chi connectivity index (χ3v) is 4.75. The second kappa shape index (κ2) is 8.40. The lowest BCUT2D eigenvalue weighted by Crippen LogP contribution is -2.32. The van der Waals surface area contributed by atoms with Crippen molar-refractivity contribution < 1.29 is 23.1 Å². The molecule has 1 saturated heterocycles. The molecule has 1 fully saturated rings. The Kier molecular flexibility index (Phi) is 6.25. The second-order valence-corrected chi connectivity index (χ2v) is 7.00. The SMILES string of the molecule is O=C1CCC(C(=O)O)N1.O=S(=O)(NCc1cc[nH]c1)c1cccnc1. The van der Waals surface area contributed by atoms with Gasteiger partial charge in [0.25, 0.3) is 0 Å². The fourth-order valence-corrected chi connectivity index (χ4v) is 3.02. The Balaban J connectivity index is 0.000000212. The largest absolute Gasteiger partial charge is 0.480 e. The molecule has 1 aliphatic heterocycles. The van der Waals surface area contributed by atoms with Crippen molar-refractivity contribution in [3.63, 3.8) is 0 Å². The van der Waals surface area contributed by atoms with Gasteiger partial charge in [-0.15, -0.1) is 0 Å². The minimum atomic E-state index is -3.46. The van der Waals surface area contributed by atoms with Crippen LogP contribution in [0.25, 0.3) is 0 Å². The standard InChI is InChI=1S/C10H11N3O2S.C5H7NO3/c14-16(15,10-2-1-4-11-8-10)13-7-9-3-5-12-6-9;7-4-2-1-3(6-4)5(8)9/h1-6,8,12-13H,7H2;3H,1-2H2,(H,6,7)(H,8,9). The van der Waals surface area contributed by atoms with Gasteiger partial charge >= 0.3 is 5.97 Å². The van der Waals surface area contributed by atoms with Crippen molar-refractivity contribution in [2.24, 2.45) is 0 Å². The van der Waals surface area contributed by atoms with Gasteiger partial charge in [-0.2, -0.15) is 0 Å². The highest BCUT2D eigenvalue weighted by Gasteiger charge is 2.26. The molecule has 134 valence electrons.